The first kappa shape index (κ1) is 20.7. The van der Waals surface area contributed by atoms with E-state index in [2.05, 4.69) is 26.8 Å². The van der Waals surface area contributed by atoms with Crippen LogP contribution in [0.2, 0.25) is 0 Å². The maximum Gasteiger partial charge on any atom is 0.249 e. The van der Waals surface area contributed by atoms with Crippen LogP contribution in [-0.4, -0.2) is 43.4 Å². The van der Waals surface area contributed by atoms with Gasteiger partial charge in [0.2, 0.25) is 11.7 Å². The largest absolute Gasteiger partial charge is 0.376 e. The van der Waals surface area contributed by atoms with Gasteiger partial charge in [-0.15, -0.1) is 10.2 Å². The number of rotatable bonds is 6. The van der Waals surface area contributed by atoms with E-state index in [0.29, 0.717) is 23.5 Å². The van der Waals surface area contributed by atoms with Crippen molar-refractivity contribution in [2.45, 2.75) is 45.9 Å². The maximum absolute atomic E-state index is 13.4. The number of amides is 1. The molecule has 1 fully saturated rings. The van der Waals surface area contributed by atoms with Crippen LogP contribution in [0.15, 0.2) is 24.3 Å². The van der Waals surface area contributed by atoms with Crippen LogP contribution in [-0.2, 0) is 22.6 Å². The molecule has 3 heterocycles. The Labute approximate surface area is 178 Å². The second-order valence-corrected chi connectivity index (χ2v) is 7.49. The molecule has 0 spiro atoms. The smallest absolute Gasteiger partial charge is 0.249 e. The third-order valence-corrected chi connectivity index (χ3v) is 5.43. The van der Waals surface area contributed by atoms with Gasteiger partial charge >= 0.3 is 0 Å². The molecule has 0 radical (unpaired) electrons. The van der Waals surface area contributed by atoms with Gasteiger partial charge in [0, 0.05) is 17.9 Å². The number of hydrogen-bond acceptors (Lipinski definition) is 6. The highest BCUT2D eigenvalue weighted by Gasteiger charge is 2.24. The molecule has 0 bridgehead atoms. The SMILES string of the molecule is Cc1c(C#N)c(NC(=O)Cn2nnc(-c3cccc(F)c3)n2)n(C[C@H]2CCCO2)c1C. The summed E-state index contributed by atoms with van der Waals surface area (Å²) in [7, 11) is 0. The van der Waals surface area contributed by atoms with Gasteiger partial charge in [-0.05, 0) is 49.6 Å². The molecular formula is C21H22FN7O2. The van der Waals surface area contributed by atoms with Crippen LogP contribution in [0.1, 0.15) is 29.7 Å². The molecule has 0 aliphatic carbocycles. The summed E-state index contributed by atoms with van der Waals surface area (Å²) in [4.78, 5) is 13.8. The van der Waals surface area contributed by atoms with Crippen molar-refractivity contribution in [3.63, 3.8) is 0 Å². The van der Waals surface area contributed by atoms with Crippen molar-refractivity contribution >= 4 is 11.7 Å². The van der Waals surface area contributed by atoms with E-state index < -0.39 is 11.7 Å². The van der Waals surface area contributed by atoms with Crippen molar-refractivity contribution in [1.82, 2.24) is 24.8 Å². The van der Waals surface area contributed by atoms with Crippen molar-refractivity contribution < 1.29 is 13.9 Å². The predicted octanol–water partition coefficient (Wildman–Crippen LogP) is 2.59. The summed E-state index contributed by atoms with van der Waals surface area (Å²) in [6.45, 7) is 4.87. The van der Waals surface area contributed by atoms with Gasteiger partial charge < -0.3 is 14.6 Å². The number of nitrogens with one attached hydrogen (secondary N) is 1. The molecule has 1 aliphatic heterocycles. The Balaban J connectivity index is 1.52. The van der Waals surface area contributed by atoms with Crippen LogP contribution in [0, 0.1) is 31.0 Å². The molecule has 2 aromatic heterocycles. The molecule has 1 aromatic carbocycles. The topological polar surface area (TPSA) is 111 Å². The highest BCUT2D eigenvalue weighted by molar-refractivity contribution is 5.91. The highest BCUT2D eigenvalue weighted by Crippen LogP contribution is 2.28. The van der Waals surface area contributed by atoms with Gasteiger partial charge in [-0.25, -0.2) is 4.39 Å². The van der Waals surface area contributed by atoms with E-state index >= 15 is 0 Å². The monoisotopic (exact) mass is 423 g/mol. The van der Waals surface area contributed by atoms with Crippen molar-refractivity contribution in [2.75, 3.05) is 11.9 Å². The summed E-state index contributed by atoms with van der Waals surface area (Å²) in [5, 5.41) is 24.4. The molecule has 3 aromatic rings. The fourth-order valence-corrected chi connectivity index (χ4v) is 3.70. The van der Waals surface area contributed by atoms with Crippen LogP contribution in [0.3, 0.4) is 0 Å². The van der Waals surface area contributed by atoms with E-state index in [9.17, 15) is 14.4 Å². The predicted molar refractivity (Wildman–Crippen MR) is 109 cm³/mol. The molecule has 1 atom stereocenters. The third kappa shape index (κ3) is 4.32. The molecule has 1 N–H and O–H groups in total. The minimum atomic E-state index is -0.409. The second-order valence-electron chi connectivity index (χ2n) is 7.49. The van der Waals surface area contributed by atoms with Gasteiger partial charge in [0.25, 0.3) is 0 Å². The Morgan fingerprint density at radius 3 is 2.97 bits per heavy atom. The maximum atomic E-state index is 13.4. The average Bonchev–Trinajstić information content (AvgIpc) is 3.47. The first-order valence-corrected chi connectivity index (χ1v) is 10.0. The first-order valence-electron chi connectivity index (χ1n) is 10.0. The summed E-state index contributed by atoms with van der Waals surface area (Å²) >= 11 is 0. The van der Waals surface area contributed by atoms with E-state index in [-0.39, 0.29) is 18.5 Å². The molecule has 0 unspecified atom stereocenters. The van der Waals surface area contributed by atoms with Gasteiger partial charge in [0.15, 0.2) is 0 Å². The van der Waals surface area contributed by atoms with Crippen molar-refractivity contribution in [3.05, 3.63) is 46.9 Å². The zero-order valence-corrected chi connectivity index (χ0v) is 17.3. The summed E-state index contributed by atoms with van der Waals surface area (Å²) in [5.41, 5.74) is 2.63. The van der Waals surface area contributed by atoms with Crippen molar-refractivity contribution in [2.24, 2.45) is 0 Å². The lowest BCUT2D eigenvalue weighted by molar-refractivity contribution is -0.117. The van der Waals surface area contributed by atoms with Crippen LogP contribution in [0.25, 0.3) is 11.4 Å². The molecule has 1 saturated heterocycles. The third-order valence-electron chi connectivity index (χ3n) is 5.43. The molecule has 1 aliphatic rings. The van der Waals surface area contributed by atoms with Crippen LogP contribution >= 0.6 is 0 Å². The number of benzene rings is 1. The van der Waals surface area contributed by atoms with Gasteiger partial charge in [0.05, 0.1) is 18.2 Å². The zero-order chi connectivity index (χ0) is 22.0. The molecular weight excluding hydrogens is 401 g/mol. The number of tetrazole rings is 1. The summed E-state index contributed by atoms with van der Waals surface area (Å²) < 4.78 is 21.1. The lowest BCUT2D eigenvalue weighted by Gasteiger charge is -2.16. The Kier molecular flexibility index (Phi) is 5.77. The minimum Gasteiger partial charge on any atom is -0.376 e. The Morgan fingerprint density at radius 1 is 1.42 bits per heavy atom. The molecule has 9 nitrogen and oxygen atoms in total. The van der Waals surface area contributed by atoms with Gasteiger partial charge in [-0.2, -0.15) is 10.1 Å². The Hall–Kier alpha value is -3.58. The molecule has 31 heavy (non-hydrogen) atoms. The number of aromatic nitrogens is 5. The van der Waals surface area contributed by atoms with Crippen LogP contribution in [0.5, 0.6) is 0 Å². The highest BCUT2D eigenvalue weighted by atomic mass is 19.1. The standard InChI is InChI=1S/C21H22FN7O2/c1-13-14(2)28(11-17-7-4-8-31-17)21(18(13)10-23)24-19(30)12-29-26-20(25-27-29)15-5-3-6-16(22)9-15/h3,5-6,9,17H,4,7-8,11-12H2,1-2H3,(H,24,30)/t17-/m1/s1. The number of nitriles is 1. The average molecular weight is 423 g/mol. The molecule has 1 amide bonds. The first-order chi connectivity index (χ1) is 15.0. The summed E-state index contributed by atoms with van der Waals surface area (Å²) in [6, 6.07) is 8.02. The van der Waals surface area contributed by atoms with Crippen LogP contribution < -0.4 is 5.32 Å². The normalized spacial score (nSPS) is 15.7. The van der Waals surface area contributed by atoms with Gasteiger partial charge in [-0.1, -0.05) is 12.1 Å². The lowest BCUT2D eigenvalue weighted by Crippen LogP contribution is -2.24. The molecule has 160 valence electrons. The van der Waals surface area contributed by atoms with Crippen molar-refractivity contribution in [3.8, 4) is 17.5 Å². The number of carbonyl (C=O) groups excluding carboxylic acids is 1. The quantitative estimate of drug-likeness (QED) is 0.652. The molecule has 0 saturated carbocycles. The number of nitrogens with zero attached hydrogens (tertiary/aromatic N) is 6. The fraction of sp³-hybridized carbons (Fsp3) is 0.381. The van der Waals surface area contributed by atoms with E-state index in [1.54, 1.807) is 12.1 Å². The fourth-order valence-electron chi connectivity index (χ4n) is 3.70. The van der Waals surface area contributed by atoms with E-state index in [4.69, 9.17) is 4.74 Å². The number of hydrogen-bond donors (Lipinski definition) is 1. The van der Waals surface area contributed by atoms with Gasteiger partial charge in [-0.3, -0.25) is 4.79 Å². The number of halogens is 1. The Bertz CT molecular complexity index is 1160. The number of anilines is 1. The van der Waals surface area contributed by atoms with E-state index in [0.717, 1.165) is 35.5 Å². The zero-order valence-electron chi connectivity index (χ0n) is 17.3. The van der Waals surface area contributed by atoms with Crippen LogP contribution in [0.4, 0.5) is 10.2 Å². The molecule has 4 rings (SSSR count). The number of ether oxygens (including phenoxy) is 1. The van der Waals surface area contributed by atoms with Gasteiger partial charge in [0.1, 0.15) is 24.2 Å². The number of carbonyl (C=O) groups is 1. The van der Waals surface area contributed by atoms with E-state index in [1.807, 2.05) is 18.4 Å². The lowest BCUT2D eigenvalue weighted by atomic mass is 10.2. The van der Waals surface area contributed by atoms with E-state index in [1.165, 1.54) is 12.1 Å². The minimum absolute atomic E-state index is 0.0542. The summed E-state index contributed by atoms with van der Waals surface area (Å²) in [6.07, 6.45) is 2.00. The molecule has 10 heteroatoms. The Morgan fingerprint density at radius 2 is 2.26 bits per heavy atom. The van der Waals surface area contributed by atoms with Crippen molar-refractivity contribution in [1.29, 1.82) is 5.26 Å². The summed E-state index contributed by atoms with van der Waals surface area (Å²) in [5.74, 6) is -0.138. The second kappa shape index (κ2) is 8.65.